The van der Waals surface area contributed by atoms with Crippen LogP contribution in [0.25, 0.3) is 0 Å². The number of aryl methyl sites for hydroxylation is 1. The van der Waals surface area contributed by atoms with Gasteiger partial charge in [-0.3, -0.25) is 0 Å². The lowest BCUT2D eigenvalue weighted by atomic mass is 10.3. The van der Waals surface area contributed by atoms with Crippen molar-refractivity contribution in [2.45, 2.75) is 32.9 Å². The maximum atomic E-state index is 8.79. The molecule has 0 atom stereocenters. The van der Waals surface area contributed by atoms with Gasteiger partial charge >= 0.3 is 0 Å². The second-order valence-electron chi connectivity index (χ2n) is 3.70. The molecule has 0 unspecified atom stereocenters. The third-order valence-electron chi connectivity index (χ3n) is 2.30. The Kier molecular flexibility index (Phi) is 3.76. The fourth-order valence-corrected chi connectivity index (χ4v) is 1.51. The number of rotatable bonds is 6. The summed E-state index contributed by atoms with van der Waals surface area (Å²) < 4.78 is 3.43. The van der Waals surface area contributed by atoms with Crippen LogP contribution in [-0.2, 0) is 19.5 Å². The first-order valence-electron chi connectivity index (χ1n) is 5.58. The minimum Gasteiger partial charge on any atom is -0.396 e. The Morgan fingerprint density at radius 3 is 2.94 bits per heavy atom. The van der Waals surface area contributed by atoms with Crippen molar-refractivity contribution in [2.75, 3.05) is 6.61 Å². The fourth-order valence-electron chi connectivity index (χ4n) is 1.51. The molecule has 17 heavy (non-hydrogen) atoms. The van der Waals surface area contributed by atoms with E-state index in [9.17, 15) is 0 Å². The van der Waals surface area contributed by atoms with Gasteiger partial charge in [0.05, 0.1) is 5.69 Å². The Balaban J connectivity index is 2.05. The first-order chi connectivity index (χ1) is 8.33. The Hall–Kier alpha value is -1.83. The molecule has 1 N–H and O–H groups in total. The molecular weight excluding hydrogens is 222 g/mol. The summed E-state index contributed by atoms with van der Waals surface area (Å²) in [5.41, 5.74) is 0.766. The average Bonchev–Trinajstić information content (AvgIpc) is 2.91. The molecule has 2 heterocycles. The van der Waals surface area contributed by atoms with E-state index in [2.05, 4.69) is 32.8 Å². The van der Waals surface area contributed by atoms with Gasteiger partial charge in [-0.05, 0) is 16.8 Å². The fraction of sp³-hybridized carbons (Fsp3) is 0.667. The van der Waals surface area contributed by atoms with Gasteiger partial charge in [0.15, 0.2) is 5.82 Å². The minimum absolute atomic E-state index is 0.0757. The number of hydrogen-bond acceptors (Lipinski definition) is 6. The van der Waals surface area contributed by atoms with E-state index in [1.807, 2.05) is 0 Å². The van der Waals surface area contributed by atoms with Crippen molar-refractivity contribution in [1.29, 1.82) is 0 Å². The monoisotopic (exact) mass is 237 g/mol. The molecule has 2 aromatic heterocycles. The van der Waals surface area contributed by atoms with Crippen molar-refractivity contribution in [3.05, 3.63) is 17.7 Å². The van der Waals surface area contributed by atoms with Gasteiger partial charge < -0.3 is 5.11 Å². The zero-order valence-corrected chi connectivity index (χ0v) is 9.69. The Morgan fingerprint density at radius 2 is 2.18 bits per heavy atom. The largest absolute Gasteiger partial charge is 0.396 e. The number of aliphatic hydroxyl groups is 1. The molecular formula is C9H15N7O. The van der Waals surface area contributed by atoms with Crippen LogP contribution in [0.2, 0.25) is 0 Å². The zero-order chi connectivity index (χ0) is 12.1. The van der Waals surface area contributed by atoms with Crippen LogP contribution < -0.4 is 0 Å². The summed E-state index contributed by atoms with van der Waals surface area (Å²) in [5.74, 6) is 0.757. The van der Waals surface area contributed by atoms with Gasteiger partial charge in [0.1, 0.15) is 6.54 Å². The van der Waals surface area contributed by atoms with E-state index in [0.29, 0.717) is 13.0 Å². The molecule has 8 heteroatoms. The van der Waals surface area contributed by atoms with Gasteiger partial charge in [0.25, 0.3) is 0 Å². The van der Waals surface area contributed by atoms with Crippen LogP contribution in [0.3, 0.4) is 0 Å². The highest BCUT2D eigenvalue weighted by Crippen LogP contribution is 1.99. The van der Waals surface area contributed by atoms with Crippen molar-refractivity contribution >= 4 is 0 Å². The van der Waals surface area contributed by atoms with Gasteiger partial charge in [-0.25, -0.2) is 9.36 Å². The van der Waals surface area contributed by atoms with Gasteiger partial charge in [-0.2, -0.15) is 0 Å². The molecule has 8 nitrogen and oxygen atoms in total. The summed E-state index contributed by atoms with van der Waals surface area (Å²) in [6.45, 7) is 3.43. The quantitative estimate of drug-likeness (QED) is 0.711. The standard InChI is InChI=1S/C9H15N7O/c1-2-4-16-9(11-12-14-16)7-15-6-8(3-5-17)10-13-15/h6,17H,2-5,7H2,1H3. The van der Waals surface area contributed by atoms with E-state index < -0.39 is 0 Å². The molecule has 0 saturated heterocycles. The van der Waals surface area contributed by atoms with Gasteiger partial charge in [-0.15, -0.1) is 10.2 Å². The van der Waals surface area contributed by atoms with Crippen LogP contribution in [0, 0.1) is 0 Å². The van der Waals surface area contributed by atoms with E-state index in [-0.39, 0.29) is 6.61 Å². The molecule has 0 spiro atoms. The second kappa shape index (κ2) is 5.48. The van der Waals surface area contributed by atoms with Gasteiger partial charge in [-0.1, -0.05) is 12.1 Å². The maximum absolute atomic E-state index is 8.79. The molecule has 2 aromatic rings. The Morgan fingerprint density at radius 1 is 1.29 bits per heavy atom. The van der Waals surface area contributed by atoms with Gasteiger partial charge in [0, 0.05) is 25.8 Å². The number of aliphatic hydroxyl groups excluding tert-OH is 1. The summed E-state index contributed by atoms with van der Waals surface area (Å²) in [5, 5.41) is 28.2. The van der Waals surface area contributed by atoms with E-state index in [1.54, 1.807) is 15.6 Å². The van der Waals surface area contributed by atoms with Crippen LogP contribution in [0.4, 0.5) is 0 Å². The molecule has 0 amide bonds. The smallest absolute Gasteiger partial charge is 0.172 e. The number of hydrogen-bond donors (Lipinski definition) is 1. The zero-order valence-electron chi connectivity index (χ0n) is 9.69. The predicted octanol–water partition coefficient (Wildman–Crippen LogP) is -0.742. The maximum Gasteiger partial charge on any atom is 0.172 e. The highest BCUT2D eigenvalue weighted by atomic mass is 16.3. The third-order valence-corrected chi connectivity index (χ3v) is 2.30. The van der Waals surface area contributed by atoms with Crippen LogP contribution >= 0.6 is 0 Å². The SMILES string of the molecule is CCCn1nnnc1Cn1cc(CCO)nn1. The highest BCUT2D eigenvalue weighted by Gasteiger charge is 2.07. The molecule has 0 aliphatic carbocycles. The van der Waals surface area contributed by atoms with Crippen LogP contribution in [0.15, 0.2) is 6.20 Å². The van der Waals surface area contributed by atoms with Crippen LogP contribution in [-0.4, -0.2) is 46.9 Å². The summed E-state index contributed by atoms with van der Waals surface area (Å²) in [6, 6.07) is 0. The number of aromatic nitrogens is 7. The third kappa shape index (κ3) is 2.84. The molecule has 0 aliphatic rings. The Bertz CT molecular complexity index is 463. The molecule has 0 saturated carbocycles. The van der Waals surface area contributed by atoms with E-state index in [4.69, 9.17) is 5.11 Å². The van der Waals surface area contributed by atoms with Crippen molar-refractivity contribution < 1.29 is 5.11 Å². The lowest BCUT2D eigenvalue weighted by molar-refractivity contribution is 0.298. The first kappa shape index (κ1) is 11.6. The molecule has 0 radical (unpaired) electrons. The van der Waals surface area contributed by atoms with Crippen molar-refractivity contribution in [3.63, 3.8) is 0 Å². The summed E-state index contributed by atoms with van der Waals surface area (Å²) in [4.78, 5) is 0. The summed E-state index contributed by atoms with van der Waals surface area (Å²) in [6.07, 6.45) is 3.28. The van der Waals surface area contributed by atoms with Crippen molar-refractivity contribution in [1.82, 2.24) is 35.2 Å². The minimum atomic E-state index is 0.0757. The first-order valence-corrected chi connectivity index (χ1v) is 5.58. The lowest BCUT2D eigenvalue weighted by Crippen LogP contribution is -2.10. The molecule has 0 fully saturated rings. The summed E-state index contributed by atoms with van der Waals surface area (Å²) in [7, 11) is 0. The molecule has 0 bridgehead atoms. The lowest BCUT2D eigenvalue weighted by Gasteiger charge is -2.01. The van der Waals surface area contributed by atoms with E-state index in [0.717, 1.165) is 24.5 Å². The second-order valence-corrected chi connectivity index (χ2v) is 3.70. The molecule has 0 aromatic carbocycles. The number of tetrazole rings is 1. The van der Waals surface area contributed by atoms with E-state index >= 15 is 0 Å². The number of nitrogens with zero attached hydrogens (tertiary/aromatic N) is 7. The topological polar surface area (TPSA) is 94.5 Å². The molecule has 2 rings (SSSR count). The van der Waals surface area contributed by atoms with Crippen LogP contribution in [0.5, 0.6) is 0 Å². The highest BCUT2D eigenvalue weighted by molar-refractivity contribution is 4.94. The van der Waals surface area contributed by atoms with Gasteiger partial charge in [0.2, 0.25) is 0 Å². The normalized spacial score (nSPS) is 10.9. The van der Waals surface area contributed by atoms with Crippen LogP contribution in [0.1, 0.15) is 24.9 Å². The van der Waals surface area contributed by atoms with Crippen molar-refractivity contribution in [2.24, 2.45) is 0 Å². The average molecular weight is 237 g/mol. The van der Waals surface area contributed by atoms with E-state index in [1.165, 1.54) is 0 Å². The Labute approximate surface area is 98.3 Å². The molecule has 0 aliphatic heterocycles. The predicted molar refractivity (Wildman–Crippen MR) is 58.0 cm³/mol. The summed E-state index contributed by atoms with van der Waals surface area (Å²) >= 11 is 0. The molecule has 92 valence electrons. The van der Waals surface area contributed by atoms with Crippen molar-refractivity contribution in [3.8, 4) is 0 Å².